The van der Waals surface area contributed by atoms with Gasteiger partial charge in [0.15, 0.2) is 11.5 Å². The third-order valence-electron chi connectivity index (χ3n) is 6.11. The van der Waals surface area contributed by atoms with Crippen LogP contribution in [0.3, 0.4) is 0 Å². The van der Waals surface area contributed by atoms with Crippen LogP contribution in [0.15, 0.2) is 42.5 Å². The predicted molar refractivity (Wildman–Crippen MR) is 120 cm³/mol. The second-order valence-corrected chi connectivity index (χ2v) is 8.41. The smallest absolute Gasteiger partial charge is 0.255 e. The Morgan fingerprint density at radius 3 is 2.48 bits per heavy atom. The Hall–Kier alpha value is -2.32. The maximum Gasteiger partial charge on any atom is 0.255 e. The normalized spacial score (nSPS) is 22.3. The highest BCUT2D eigenvalue weighted by Crippen LogP contribution is 2.31. The van der Waals surface area contributed by atoms with Gasteiger partial charge in [-0.3, -0.25) is 9.69 Å². The summed E-state index contributed by atoms with van der Waals surface area (Å²) in [5, 5.41) is 3.91. The first kappa shape index (κ1) is 21.9. The van der Waals surface area contributed by atoms with Crippen LogP contribution in [-0.4, -0.2) is 50.3 Å². The van der Waals surface area contributed by atoms with Crippen LogP contribution < -0.4 is 25.6 Å². The van der Waals surface area contributed by atoms with Gasteiger partial charge >= 0.3 is 0 Å². The summed E-state index contributed by atoms with van der Waals surface area (Å²) >= 11 is 6.00. The first-order valence-electron chi connectivity index (χ1n) is 10.6. The molecule has 3 N–H and O–H groups in total. The standard InChI is InChI=1S/C23H29ClN4O3/c1-30-20-5-3-4-18(22(20)31-2)23(29)25-17-10-12-28(13-11-17)21-14-19(26-27-21)15-6-8-16(24)9-7-15/h3-9,17,19,21,26-27H,10-14H2,1-2H3,(H,25,29). The Morgan fingerprint density at radius 1 is 1.06 bits per heavy atom. The molecular formula is C23H29ClN4O3. The van der Waals surface area contributed by atoms with E-state index < -0.39 is 0 Å². The SMILES string of the molecule is COc1cccc(C(=O)NC2CCN(C3CC(c4ccc(Cl)cc4)NN3)CC2)c1OC. The van der Waals surface area contributed by atoms with Crippen LogP contribution in [0.4, 0.5) is 0 Å². The maximum atomic E-state index is 12.8. The van der Waals surface area contributed by atoms with Crippen LogP contribution in [0.5, 0.6) is 11.5 Å². The molecule has 0 aliphatic carbocycles. The Kier molecular flexibility index (Phi) is 6.97. The number of amides is 1. The third-order valence-corrected chi connectivity index (χ3v) is 6.36. The second-order valence-electron chi connectivity index (χ2n) is 7.97. The molecule has 4 rings (SSSR count). The number of ether oxygens (including phenoxy) is 2. The molecule has 2 aromatic rings. The Balaban J connectivity index is 1.29. The van der Waals surface area contributed by atoms with Gasteiger partial charge in [-0.25, -0.2) is 10.9 Å². The van der Waals surface area contributed by atoms with Crippen LogP contribution in [0.1, 0.15) is 41.2 Å². The van der Waals surface area contributed by atoms with E-state index in [1.54, 1.807) is 32.4 Å². The molecule has 166 valence electrons. The van der Waals surface area contributed by atoms with E-state index in [9.17, 15) is 4.79 Å². The van der Waals surface area contributed by atoms with Crippen molar-refractivity contribution >= 4 is 17.5 Å². The van der Waals surface area contributed by atoms with Crippen molar-refractivity contribution in [1.29, 1.82) is 0 Å². The van der Waals surface area contributed by atoms with Gasteiger partial charge in [0.25, 0.3) is 5.91 Å². The van der Waals surface area contributed by atoms with Crippen molar-refractivity contribution in [3.8, 4) is 11.5 Å². The number of rotatable bonds is 6. The zero-order chi connectivity index (χ0) is 21.8. The molecule has 0 bridgehead atoms. The van der Waals surface area contributed by atoms with E-state index in [0.29, 0.717) is 17.1 Å². The monoisotopic (exact) mass is 444 g/mol. The lowest BCUT2D eigenvalue weighted by Gasteiger charge is -2.36. The Labute approximate surface area is 188 Å². The number of hydrogen-bond acceptors (Lipinski definition) is 6. The highest BCUT2D eigenvalue weighted by Gasteiger charge is 2.32. The Bertz CT molecular complexity index is 900. The highest BCUT2D eigenvalue weighted by molar-refractivity contribution is 6.30. The molecule has 0 saturated carbocycles. The van der Waals surface area contributed by atoms with E-state index in [-0.39, 0.29) is 24.2 Å². The number of carbonyl (C=O) groups excluding carboxylic acids is 1. The lowest BCUT2D eigenvalue weighted by molar-refractivity contribution is 0.0876. The lowest BCUT2D eigenvalue weighted by atomic mass is 10.0. The number of hydrazine groups is 1. The maximum absolute atomic E-state index is 12.8. The quantitative estimate of drug-likeness (QED) is 0.635. The Morgan fingerprint density at radius 2 is 1.81 bits per heavy atom. The number of benzene rings is 2. The van der Waals surface area contributed by atoms with Crippen LogP contribution in [0.25, 0.3) is 0 Å². The lowest BCUT2D eigenvalue weighted by Crippen LogP contribution is -2.51. The summed E-state index contributed by atoms with van der Waals surface area (Å²) in [6.07, 6.45) is 3.07. The molecule has 0 spiro atoms. The van der Waals surface area contributed by atoms with Gasteiger partial charge in [0.1, 0.15) is 0 Å². The molecule has 0 radical (unpaired) electrons. The number of methoxy groups -OCH3 is 2. The summed E-state index contributed by atoms with van der Waals surface area (Å²) in [6, 6.07) is 13.7. The van der Waals surface area contributed by atoms with E-state index in [0.717, 1.165) is 37.4 Å². The van der Waals surface area contributed by atoms with Crippen LogP contribution in [0, 0.1) is 0 Å². The van der Waals surface area contributed by atoms with E-state index in [1.165, 1.54) is 5.56 Å². The molecule has 7 nitrogen and oxygen atoms in total. The summed E-state index contributed by atoms with van der Waals surface area (Å²) < 4.78 is 10.7. The molecule has 8 heteroatoms. The number of piperidine rings is 1. The molecule has 1 amide bonds. The fourth-order valence-electron chi connectivity index (χ4n) is 4.38. The number of likely N-dealkylation sites (tertiary alicyclic amines) is 1. The summed E-state index contributed by atoms with van der Waals surface area (Å²) in [5.74, 6) is 0.895. The van der Waals surface area contributed by atoms with E-state index in [2.05, 4.69) is 33.2 Å². The van der Waals surface area contributed by atoms with Gasteiger partial charge in [0.05, 0.1) is 25.9 Å². The number of halogens is 1. The average molecular weight is 445 g/mol. The molecule has 2 fully saturated rings. The fraction of sp³-hybridized carbons (Fsp3) is 0.435. The van der Waals surface area contributed by atoms with Gasteiger partial charge in [-0.2, -0.15) is 0 Å². The molecule has 2 unspecified atom stereocenters. The van der Waals surface area contributed by atoms with Crippen molar-refractivity contribution in [2.24, 2.45) is 0 Å². The number of para-hydroxylation sites is 1. The minimum Gasteiger partial charge on any atom is -0.493 e. The summed E-state index contributed by atoms with van der Waals surface area (Å²) in [7, 11) is 3.12. The van der Waals surface area contributed by atoms with Crippen LogP contribution in [-0.2, 0) is 0 Å². The molecule has 31 heavy (non-hydrogen) atoms. The number of hydrogen-bond donors (Lipinski definition) is 3. The first-order chi connectivity index (χ1) is 15.1. The molecule has 2 heterocycles. The molecule has 2 atom stereocenters. The van der Waals surface area contributed by atoms with E-state index in [4.69, 9.17) is 21.1 Å². The first-order valence-corrected chi connectivity index (χ1v) is 11.0. The highest BCUT2D eigenvalue weighted by atomic mass is 35.5. The van der Waals surface area contributed by atoms with Crippen molar-refractivity contribution in [2.45, 2.75) is 37.5 Å². The predicted octanol–water partition coefficient (Wildman–Crippen LogP) is 3.12. The molecule has 2 aliphatic heterocycles. The summed E-state index contributed by atoms with van der Waals surface area (Å²) in [6.45, 7) is 1.85. The summed E-state index contributed by atoms with van der Waals surface area (Å²) in [4.78, 5) is 15.3. The van der Waals surface area contributed by atoms with Crippen LogP contribution in [0.2, 0.25) is 5.02 Å². The third kappa shape index (κ3) is 4.96. The number of nitrogens with zero attached hydrogens (tertiary/aromatic N) is 1. The topological polar surface area (TPSA) is 74.9 Å². The van der Waals surface area contributed by atoms with Crippen molar-refractivity contribution in [1.82, 2.24) is 21.1 Å². The van der Waals surface area contributed by atoms with Gasteiger partial charge in [0.2, 0.25) is 0 Å². The second kappa shape index (κ2) is 9.87. The molecule has 2 aromatic carbocycles. The minimum absolute atomic E-state index is 0.127. The van der Waals surface area contributed by atoms with Gasteiger partial charge in [-0.15, -0.1) is 0 Å². The molecule has 2 aliphatic rings. The largest absolute Gasteiger partial charge is 0.493 e. The number of nitrogens with one attached hydrogen (secondary N) is 3. The summed E-state index contributed by atoms with van der Waals surface area (Å²) in [5.41, 5.74) is 8.55. The van der Waals surface area contributed by atoms with Crippen molar-refractivity contribution in [3.05, 3.63) is 58.6 Å². The molecule has 2 saturated heterocycles. The molecular weight excluding hydrogens is 416 g/mol. The van der Waals surface area contributed by atoms with Gasteiger partial charge < -0.3 is 14.8 Å². The van der Waals surface area contributed by atoms with Gasteiger partial charge in [-0.1, -0.05) is 29.8 Å². The van der Waals surface area contributed by atoms with Crippen LogP contribution >= 0.6 is 11.6 Å². The van der Waals surface area contributed by atoms with Crippen molar-refractivity contribution in [3.63, 3.8) is 0 Å². The average Bonchev–Trinajstić information content (AvgIpc) is 3.29. The van der Waals surface area contributed by atoms with Crippen molar-refractivity contribution in [2.75, 3.05) is 27.3 Å². The van der Waals surface area contributed by atoms with E-state index >= 15 is 0 Å². The number of carbonyl (C=O) groups is 1. The van der Waals surface area contributed by atoms with E-state index in [1.807, 2.05) is 12.1 Å². The zero-order valence-electron chi connectivity index (χ0n) is 17.9. The minimum atomic E-state index is -0.127. The zero-order valence-corrected chi connectivity index (χ0v) is 18.6. The molecule has 0 aromatic heterocycles. The van der Waals surface area contributed by atoms with Gasteiger partial charge in [0, 0.05) is 30.2 Å². The fourth-order valence-corrected chi connectivity index (χ4v) is 4.50. The van der Waals surface area contributed by atoms with Crippen molar-refractivity contribution < 1.29 is 14.3 Å². The van der Waals surface area contributed by atoms with Gasteiger partial charge in [-0.05, 0) is 49.1 Å².